The number of thiophene rings is 1. The molecule has 0 N–H and O–H groups in total. The van der Waals surface area contributed by atoms with E-state index >= 15 is 0 Å². The van der Waals surface area contributed by atoms with Crippen LogP contribution in [-0.2, 0) is 6.42 Å². The predicted octanol–water partition coefficient (Wildman–Crippen LogP) is 7.52. The van der Waals surface area contributed by atoms with Crippen LogP contribution in [0.5, 0.6) is 0 Å². The van der Waals surface area contributed by atoms with Gasteiger partial charge in [-0.05, 0) is 79.7 Å². The van der Waals surface area contributed by atoms with Crippen molar-refractivity contribution in [3.8, 4) is 11.8 Å². The lowest BCUT2D eigenvalue weighted by molar-refractivity contribution is 0.0814. The summed E-state index contributed by atoms with van der Waals surface area (Å²) in [7, 11) is 3.59. The van der Waals surface area contributed by atoms with Crippen LogP contribution in [0.25, 0.3) is 16.4 Å². The van der Waals surface area contributed by atoms with Crippen molar-refractivity contribution in [3.63, 3.8) is 0 Å². The van der Waals surface area contributed by atoms with Gasteiger partial charge in [0.1, 0.15) is 15.9 Å². The van der Waals surface area contributed by atoms with E-state index in [-0.39, 0.29) is 18.8 Å². The van der Waals surface area contributed by atoms with E-state index in [0.717, 1.165) is 96.7 Å². The minimum Gasteiger partial charge on any atom is -0.438 e. The summed E-state index contributed by atoms with van der Waals surface area (Å²) in [5.74, 6) is 7.13. The summed E-state index contributed by atoms with van der Waals surface area (Å²) in [6, 6.07) is 12.1. The Hall–Kier alpha value is -5.13. The summed E-state index contributed by atoms with van der Waals surface area (Å²) in [6.45, 7) is 8.01. The Labute approximate surface area is 304 Å². The summed E-state index contributed by atoms with van der Waals surface area (Å²) in [5.41, 5.74) is 7.85. The molecule has 1 amide bonds. The van der Waals surface area contributed by atoms with Crippen molar-refractivity contribution in [1.82, 2.24) is 9.47 Å². The standard InChI is InChI=1S/C43H43N4O3S.H2/c1-5-22-46(23-21-32-17-18-32)39-27-38(48)41-40(50-39)33(28-51-41)20-19-31-15-13-30(14-16-31)9-8-10-35-25-29(2)24-34-26-37(43(49)45(3)4)47(42(34)44-35)36-11-6-7-12-36;/h8,10,13-18,24-28,36H,2,5-7,9,11-12,21-23H2,1,3-4H3;1H/b10-8+;. The molecule has 2 aliphatic carbocycles. The summed E-state index contributed by atoms with van der Waals surface area (Å²) in [5, 5.41) is 2.85. The van der Waals surface area contributed by atoms with Crippen LogP contribution in [0.4, 0.5) is 5.88 Å². The number of carbonyl (C=O) groups excluding carboxylic acids is 1. The second-order valence-electron chi connectivity index (χ2n) is 13.7. The Bertz CT molecular complexity index is 2340. The maximum atomic E-state index is 13.2. The topological polar surface area (TPSA) is 71.1 Å². The Morgan fingerprint density at radius 3 is 2.65 bits per heavy atom. The molecule has 3 aromatic heterocycles. The monoisotopic (exact) mass is 697 g/mol. The molecule has 7 rings (SSSR count). The molecule has 1 aliphatic heterocycles. The van der Waals surface area contributed by atoms with Crippen LogP contribution in [0.2, 0.25) is 0 Å². The van der Waals surface area contributed by atoms with Gasteiger partial charge >= 0.3 is 0 Å². The van der Waals surface area contributed by atoms with Crippen molar-refractivity contribution in [1.29, 1.82) is 0 Å². The van der Waals surface area contributed by atoms with Gasteiger partial charge in [-0.2, -0.15) is 0 Å². The zero-order chi connectivity index (χ0) is 35.5. The van der Waals surface area contributed by atoms with Gasteiger partial charge in [0, 0.05) is 63.3 Å². The molecule has 0 atom stereocenters. The van der Waals surface area contributed by atoms with Crippen LogP contribution in [0.3, 0.4) is 0 Å². The van der Waals surface area contributed by atoms with Gasteiger partial charge in [-0.3, -0.25) is 9.59 Å². The first kappa shape index (κ1) is 34.3. The number of rotatable bonds is 11. The highest BCUT2D eigenvalue weighted by molar-refractivity contribution is 7.17. The quantitative estimate of drug-likeness (QED) is 0.152. The zero-order valence-corrected chi connectivity index (χ0v) is 30.4. The number of hydrogen-bond acceptors (Lipinski definition) is 6. The van der Waals surface area contributed by atoms with Crippen molar-refractivity contribution in [2.75, 3.05) is 32.1 Å². The molecule has 0 bridgehead atoms. The molecule has 1 saturated carbocycles. The molecule has 51 heavy (non-hydrogen) atoms. The number of nitrogens with zero attached hydrogens (tertiary/aromatic N) is 4. The summed E-state index contributed by atoms with van der Waals surface area (Å²) >= 11 is 1.38. The first-order valence-corrected chi connectivity index (χ1v) is 18.7. The molecule has 0 spiro atoms. The Balaban J connectivity index is 0.00000464. The molecular weight excluding hydrogens is 653 g/mol. The molecule has 261 valence electrons. The third-order valence-corrected chi connectivity index (χ3v) is 10.5. The third kappa shape index (κ3) is 7.79. The second kappa shape index (κ2) is 15.0. The van der Waals surface area contributed by atoms with Crippen LogP contribution < -0.4 is 21.0 Å². The van der Waals surface area contributed by atoms with Gasteiger partial charge in [-0.15, -0.1) is 11.3 Å². The number of carbonyl (C=O) groups is 1. The Morgan fingerprint density at radius 2 is 1.92 bits per heavy atom. The third-order valence-electron chi connectivity index (χ3n) is 9.51. The van der Waals surface area contributed by atoms with Crippen LogP contribution in [0, 0.1) is 18.3 Å². The lowest BCUT2D eigenvalue weighted by atomic mass is 10.1. The lowest BCUT2D eigenvalue weighted by Gasteiger charge is -2.22. The highest BCUT2D eigenvalue weighted by atomic mass is 32.1. The average Bonchev–Trinajstić information content (AvgIpc) is 3.48. The summed E-state index contributed by atoms with van der Waals surface area (Å²) in [4.78, 5) is 35.0. The average molecular weight is 698 g/mol. The number of allylic oxidation sites excluding steroid dienone is 5. The predicted molar refractivity (Wildman–Crippen MR) is 210 cm³/mol. The van der Waals surface area contributed by atoms with Crippen LogP contribution >= 0.6 is 11.3 Å². The number of benzene rings is 1. The molecule has 8 heteroatoms. The van der Waals surface area contributed by atoms with Gasteiger partial charge in [0.15, 0.2) is 11.5 Å². The van der Waals surface area contributed by atoms with Gasteiger partial charge in [-0.1, -0.05) is 68.0 Å². The fourth-order valence-corrected chi connectivity index (χ4v) is 7.64. The lowest BCUT2D eigenvalue weighted by Crippen LogP contribution is -2.34. The molecule has 1 radical (unpaired) electrons. The maximum absolute atomic E-state index is 13.2. The smallest absolute Gasteiger partial charge is 0.270 e. The zero-order valence-electron chi connectivity index (χ0n) is 29.6. The molecular formula is C43H45N4O3S. The van der Waals surface area contributed by atoms with Crippen molar-refractivity contribution >= 4 is 39.5 Å². The van der Waals surface area contributed by atoms with Gasteiger partial charge in [0.05, 0.1) is 11.3 Å². The first-order chi connectivity index (χ1) is 24.8. The van der Waals surface area contributed by atoms with E-state index in [1.54, 1.807) is 25.1 Å². The minimum atomic E-state index is -0.0257. The van der Waals surface area contributed by atoms with Crippen molar-refractivity contribution < 1.29 is 10.6 Å². The maximum Gasteiger partial charge on any atom is 0.270 e. The number of anilines is 1. The molecule has 4 aromatic rings. The van der Waals surface area contributed by atoms with Crippen LogP contribution in [0.15, 0.2) is 104 Å². The highest BCUT2D eigenvalue weighted by Gasteiger charge is 2.25. The molecule has 0 unspecified atom stereocenters. The normalized spacial score (nSPS) is 15.4. The fraction of sp³-hybridized carbons (Fsp3) is 0.302. The molecule has 0 saturated heterocycles. The van der Waals surface area contributed by atoms with E-state index in [1.165, 1.54) is 16.9 Å². The van der Waals surface area contributed by atoms with Crippen molar-refractivity contribution in [2.45, 2.75) is 57.9 Å². The Morgan fingerprint density at radius 1 is 1.14 bits per heavy atom. The molecule has 3 aliphatic rings. The van der Waals surface area contributed by atoms with Crippen molar-refractivity contribution in [3.05, 3.63) is 139 Å². The van der Waals surface area contributed by atoms with E-state index in [9.17, 15) is 9.59 Å². The second-order valence-corrected chi connectivity index (χ2v) is 14.6. The summed E-state index contributed by atoms with van der Waals surface area (Å²) in [6.07, 6.45) is 19.5. The largest absolute Gasteiger partial charge is 0.438 e. The number of amides is 1. The van der Waals surface area contributed by atoms with E-state index < -0.39 is 0 Å². The van der Waals surface area contributed by atoms with E-state index in [2.05, 4.69) is 65.5 Å². The van der Waals surface area contributed by atoms with Crippen LogP contribution in [-0.4, -0.2) is 42.6 Å². The molecule has 4 heterocycles. The molecule has 7 nitrogen and oxygen atoms in total. The number of aromatic nitrogens is 1. The van der Waals surface area contributed by atoms with Gasteiger partial charge in [-0.25, -0.2) is 4.99 Å². The summed E-state index contributed by atoms with van der Waals surface area (Å²) < 4.78 is 9.10. The SMILES string of the molecule is C=C1C=C(/C=C/Cc2ccc(C#Cc3csc4c(=O)cc(N(CCC)CCC5=C[CH]5)oc34)cc2)N=c2c(cc(C(=O)N(C)C)n2C2CCCC2)=C1.[HH]. The molecule has 1 fully saturated rings. The van der Waals surface area contributed by atoms with Gasteiger partial charge in [0.25, 0.3) is 5.91 Å². The number of hydrogen-bond donors (Lipinski definition) is 0. The van der Waals surface area contributed by atoms with E-state index in [0.29, 0.717) is 21.9 Å². The molecule has 1 aromatic carbocycles. The van der Waals surface area contributed by atoms with E-state index in [1.807, 2.05) is 41.8 Å². The minimum absolute atomic E-state index is 0. The highest BCUT2D eigenvalue weighted by Crippen LogP contribution is 2.30. The van der Waals surface area contributed by atoms with Crippen LogP contribution in [0.1, 0.15) is 80.1 Å². The fourth-order valence-electron chi connectivity index (χ4n) is 6.80. The van der Waals surface area contributed by atoms with Gasteiger partial charge < -0.3 is 18.8 Å². The van der Waals surface area contributed by atoms with E-state index in [4.69, 9.17) is 9.41 Å². The van der Waals surface area contributed by atoms with Crippen molar-refractivity contribution in [2.24, 2.45) is 4.99 Å². The first-order valence-electron chi connectivity index (χ1n) is 17.8. The number of fused-ring (bicyclic) bond motifs is 2. The Kier molecular flexibility index (Phi) is 10.1. The van der Waals surface area contributed by atoms with Gasteiger partial charge in [0.2, 0.25) is 5.43 Å².